The lowest BCUT2D eigenvalue weighted by molar-refractivity contribution is 0.0677. The first-order valence-electron chi connectivity index (χ1n) is 12.7. The molecule has 2 aliphatic heterocycles. The maximum atomic E-state index is 14.9. The van der Waals surface area contributed by atoms with Crippen LogP contribution in [0.3, 0.4) is 0 Å². The standard InChI is InChI=1S/C28H35F3N2O3/c1-28(2,31)18-32-12-9-19(10-13-32)17-36-26-8-6-20(14-25(26)30)23-7-5-21(15-24(23)29)27(35)33-11-3-4-22(33)16-34/h5-8,14-15,19,22,34H,3-4,9-13,16-18H2,1-2H3/t22-/m0/s1. The summed E-state index contributed by atoms with van der Waals surface area (Å²) in [7, 11) is 0. The van der Waals surface area contributed by atoms with Gasteiger partial charge in [-0.25, -0.2) is 13.2 Å². The molecule has 4 rings (SSSR count). The number of likely N-dealkylation sites (tertiary alicyclic amines) is 2. The fourth-order valence-electron chi connectivity index (χ4n) is 5.18. The quantitative estimate of drug-likeness (QED) is 0.546. The number of hydrogen-bond donors (Lipinski definition) is 1. The Balaban J connectivity index is 1.36. The first-order valence-corrected chi connectivity index (χ1v) is 12.7. The Kier molecular flexibility index (Phi) is 8.25. The Morgan fingerprint density at radius 1 is 1.06 bits per heavy atom. The summed E-state index contributed by atoms with van der Waals surface area (Å²) in [6.07, 6.45) is 3.26. The first-order chi connectivity index (χ1) is 17.1. The summed E-state index contributed by atoms with van der Waals surface area (Å²) in [6, 6.07) is 8.29. The number of hydrogen-bond acceptors (Lipinski definition) is 4. The van der Waals surface area contributed by atoms with Crippen molar-refractivity contribution in [3.63, 3.8) is 0 Å². The van der Waals surface area contributed by atoms with Crippen molar-refractivity contribution in [2.45, 2.75) is 51.2 Å². The average molecular weight is 505 g/mol. The number of carbonyl (C=O) groups is 1. The van der Waals surface area contributed by atoms with Crippen molar-refractivity contribution < 1.29 is 27.8 Å². The largest absolute Gasteiger partial charge is 0.490 e. The highest BCUT2D eigenvalue weighted by molar-refractivity contribution is 5.95. The second-order valence-electron chi connectivity index (χ2n) is 10.6. The molecule has 2 saturated heterocycles. The van der Waals surface area contributed by atoms with Gasteiger partial charge in [-0.05, 0) is 88.4 Å². The number of rotatable bonds is 8. The summed E-state index contributed by atoms with van der Waals surface area (Å²) in [5, 5.41) is 9.46. The van der Waals surface area contributed by atoms with Gasteiger partial charge in [-0.2, -0.15) is 0 Å². The molecule has 0 saturated carbocycles. The maximum absolute atomic E-state index is 14.9. The predicted octanol–water partition coefficient (Wildman–Crippen LogP) is 5.07. The van der Waals surface area contributed by atoms with E-state index < -0.39 is 17.3 Å². The molecule has 0 aromatic heterocycles. The summed E-state index contributed by atoms with van der Waals surface area (Å²) in [5.74, 6) is -1.12. The van der Waals surface area contributed by atoms with Crippen molar-refractivity contribution in [1.29, 1.82) is 0 Å². The fraction of sp³-hybridized carbons (Fsp3) is 0.536. The van der Waals surface area contributed by atoms with E-state index in [0.717, 1.165) is 38.8 Å². The highest BCUT2D eigenvalue weighted by atomic mass is 19.1. The van der Waals surface area contributed by atoms with E-state index in [2.05, 4.69) is 4.90 Å². The molecule has 8 heteroatoms. The number of aliphatic hydroxyl groups excluding tert-OH is 1. The number of piperidine rings is 1. The second-order valence-corrected chi connectivity index (χ2v) is 10.6. The van der Waals surface area contributed by atoms with Gasteiger partial charge in [0.1, 0.15) is 11.5 Å². The third-order valence-corrected chi connectivity index (χ3v) is 7.09. The van der Waals surface area contributed by atoms with Gasteiger partial charge in [0.2, 0.25) is 0 Å². The lowest BCUT2D eigenvalue weighted by Gasteiger charge is -2.34. The summed E-state index contributed by atoms with van der Waals surface area (Å²) < 4.78 is 49.3. The van der Waals surface area contributed by atoms with E-state index in [1.807, 2.05) is 0 Å². The molecule has 2 aliphatic rings. The Labute approximate surface area is 210 Å². The van der Waals surface area contributed by atoms with Gasteiger partial charge in [-0.3, -0.25) is 4.79 Å². The molecule has 1 amide bonds. The van der Waals surface area contributed by atoms with E-state index in [1.165, 1.54) is 30.3 Å². The zero-order chi connectivity index (χ0) is 25.9. The van der Waals surface area contributed by atoms with Crippen LogP contribution in [0.15, 0.2) is 36.4 Å². The van der Waals surface area contributed by atoms with Crippen LogP contribution in [0.4, 0.5) is 13.2 Å². The first kappa shape index (κ1) is 26.5. The molecular formula is C28H35F3N2O3. The molecule has 0 radical (unpaired) electrons. The Morgan fingerprint density at radius 3 is 2.44 bits per heavy atom. The Hall–Kier alpha value is -2.58. The average Bonchev–Trinajstić information content (AvgIpc) is 3.32. The van der Waals surface area contributed by atoms with E-state index in [0.29, 0.717) is 25.3 Å². The van der Waals surface area contributed by atoms with Crippen LogP contribution < -0.4 is 4.74 Å². The number of carbonyl (C=O) groups excluding carboxylic acids is 1. The molecule has 2 heterocycles. The highest BCUT2D eigenvalue weighted by Crippen LogP contribution is 2.30. The lowest BCUT2D eigenvalue weighted by Crippen LogP contribution is -2.41. The molecule has 1 N–H and O–H groups in total. The SMILES string of the molecule is CC(C)(F)CN1CCC(COc2ccc(-c3ccc(C(=O)N4CCC[C@H]4CO)cc3F)cc2F)CC1. The van der Waals surface area contributed by atoms with E-state index in [-0.39, 0.29) is 41.4 Å². The van der Waals surface area contributed by atoms with Crippen LogP contribution in [0.2, 0.25) is 0 Å². The van der Waals surface area contributed by atoms with Gasteiger partial charge in [-0.15, -0.1) is 0 Å². The number of aliphatic hydroxyl groups is 1. The number of nitrogens with zero attached hydrogens (tertiary/aromatic N) is 2. The molecule has 0 bridgehead atoms. The van der Waals surface area contributed by atoms with Gasteiger partial charge in [0, 0.05) is 24.2 Å². The normalized spacial score (nSPS) is 19.6. The molecule has 2 aromatic carbocycles. The van der Waals surface area contributed by atoms with Gasteiger partial charge in [0.15, 0.2) is 11.6 Å². The molecule has 0 aliphatic carbocycles. The summed E-state index contributed by atoms with van der Waals surface area (Å²) in [5.41, 5.74) is -0.466. The molecule has 196 valence electrons. The van der Waals surface area contributed by atoms with E-state index in [4.69, 9.17) is 4.74 Å². The van der Waals surface area contributed by atoms with Crippen molar-refractivity contribution in [3.8, 4) is 16.9 Å². The fourth-order valence-corrected chi connectivity index (χ4v) is 5.18. The number of ether oxygens (including phenoxy) is 1. The van der Waals surface area contributed by atoms with Crippen LogP contribution in [0.25, 0.3) is 11.1 Å². The lowest BCUT2D eigenvalue weighted by atomic mass is 9.96. The summed E-state index contributed by atoms with van der Waals surface area (Å²) in [4.78, 5) is 16.4. The van der Waals surface area contributed by atoms with Crippen LogP contribution >= 0.6 is 0 Å². The number of benzene rings is 2. The van der Waals surface area contributed by atoms with Crippen LogP contribution in [0.5, 0.6) is 5.75 Å². The minimum atomic E-state index is -1.22. The molecule has 5 nitrogen and oxygen atoms in total. The van der Waals surface area contributed by atoms with Crippen LogP contribution in [-0.4, -0.2) is 71.9 Å². The zero-order valence-electron chi connectivity index (χ0n) is 21.0. The van der Waals surface area contributed by atoms with Crippen LogP contribution in [0, 0.1) is 17.6 Å². The molecule has 1 atom stereocenters. The van der Waals surface area contributed by atoms with Gasteiger partial charge in [-0.1, -0.05) is 12.1 Å². The van der Waals surface area contributed by atoms with Crippen LogP contribution in [-0.2, 0) is 0 Å². The van der Waals surface area contributed by atoms with Gasteiger partial charge in [0.05, 0.1) is 19.3 Å². The van der Waals surface area contributed by atoms with E-state index in [9.17, 15) is 23.1 Å². The predicted molar refractivity (Wildman–Crippen MR) is 133 cm³/mol. The molecule has 2 aromatic rings. The van der Waals surface area contributed by atoms with E-state index in [1.54, 1.807) is 24.8 Å². The number of halogens is 3. The van der Waals surface area contributed by atoms with Crippen molar-refractivity contribution in [2.24, 2.45) is 5.92 Å². The minimum absolute atomic E-state index is 0.113. The molecule has 2 fully saturated rings. The number of alkyl halides is 1. The summed E-state index contributed by atoms with van der Waals surface area (Å²) >= 11 is 0. The van der Waals surface area contributed by atoms with E-state index >= 15 is 0 Å². The smallest absolute Gasteiger partial charge is 0.254 e. The third kappa shape index (κ3) is 6.40. The van der Waals surface area contributed by atoms with Crippen LogP contribution in [0.1, 0.15) is 49.9 Å². The monoisotopic (exact) mass is 504 g/mol. The second kappa shape index (κ2) is 11.2. The van der Waals surface area contributed by atoms with Crippen molar-refractivity contribution in [1.82, 2.24) is 9.80 Å². The summed E-state index contributed by atoms with van der Waals surface area (Å²) in [6.45, 7) is 5.94. The van der Waals surface area contributed by atoms with Gasteiger partial charge >= 0.3 is 0 Å². The topological polar surface area (TPSA) is 53.0 Å². The number of amides is 1. The van der Waals surface area contributed by atoms with Gasteiger partial charge in [0.25, 0.3) is 5.91 Å². The van der Waals surface area contributed by atoms with Crippen molar-refractivity contribution in [3.05, 3.63) is 53.6 Å². The highest BCUT2D eigenvalue weighted by Gasteiger charge is 2.29. The Morgan fingerprint density at radius 2 is 1.81 bits per heavy atom. The minimum Gasteiger partial charge on any atom is -0.490 e. The Bertz CT molecular complexity index is 1060. The third-order valence-electron chi connectivity index (χ3n) is 7.09. The zero-order valence-corrected chi connectivity index (χ0v) is 21.0. The molecule has 36 heavy (non-hydrogen) atoms. The van der Waals surface area contributed by atoms with Gasteiger partial charge < -0.3 is 19.6 Å². The molecule has 0 unspecified atom stereocenters. The maximum Gasteiger partial charge on any atom is 0.254 e. The van der Waals surface area contributed by atoms with Crippen molar-refractivity contribution >= 4 is 5.91 Å². The molecule has 0 spiro atoms. The molecular weight excluding hydrogens is 469 g/mol. The van der Waals surface area contributed by atoms with Crippen molar-refractivity contribution in [2.75, 3.05) is 39.4 Å².